The summed E-state index contributed by atoms with van der Waals surface area (Å²) in [5.41, 5.74) is 5.61. The third kappa shape index (κ3) is 5.00. The number of fused-ring (bicyclic) bond motifs is 1. The highest BCUT2D eigenvalue weighted by Crippen LogP contribution is 2.25. The molecule has 158 valence electrons. The minimum absolute atomic E-state index is 0.111. The van der Waals surface area contributed by atoms with Crippen LogP contribution in [0, 0.1) is 5.92 Å². The van der Waals surface area contributed by atoms with Gasteiger partial charge in [-0.2, -0.15) is 5.10 Å². The summed E-state index contributed by atoms with van der Waals surface area (Å²) in [5.74, 6) is -0.00582. The molecule has 1 fully saturated rings. The summed E-state index contributed by atoms with van der Waals surface area (Å²) in [4.78, 5) is 25.1. The molecule has 1 aliphatic carbocycles. The van der Waals surface area contributed by atoms with E-state index >= 15 is 0 Å². The number of nitrogens with zero attached hydrogens (tertiary/aromatic N) is 1. The molecule has 31 heavy (non-hydrogen) atoms. The van der Waals surface area contributed by atoms with Crippen LogP contribution in [-0.2, 0) is 4.79 Å². The quantitative estimate of drug-likeness (QED) is 0.427. The van der Waals surface area contributed by atoms with Crippen molar-refractivity contribution in [3.63, 3.8) is 0 Å². The van der Waals surface area contributed by atoms with Crippen LogP contribution in [0.2, 0.25) is 0 Å². The number of hydrogen-bond acceptors (Lipinski definition) is 3. The lowest BCUT2D eigenvalue weighted by Gasteiger charge is -2.20. The van der Waals surface area contributed by atoms with Crippen LogP contribution in [0.15, 0.2) is 71.8 Å². The molecule has 1 aliphatic rings. The zero-order valence-corrected chi connectivity index (χ0v) is 17.7. The number of carbonyl (C=O) groups is 2. The van der Waals surface area contributed by atoms with Gasteiger partial charge >= 0.3 is 0 Å². The van der Waals surface area contributed by atoms with E-state index < -0.39 is 0 Å². The van der Waals surface area contributed by atoms with E-state index in [9.17, 15) is 9.59 Å². The summed E-state index contributed by atoms with van der Waals surface area (Å²) in [6.45, 7) is 1.85. The Morgan fingerprint density at radius 1 is 0.871 bits per heavy atom. The van der Waals surface area contributed by atoms with Gasteiger partial charge in [0.1, 0.15) is 0 Å². The molecule has 0 aliphatic heterocycles. The van der Waals surface area contributed by atoms with Gasteiger partial charge in [0.15, 0.2) is 0 Å². The van der Waals surface area contributed by atoms with Gasteiger partial charge in [-0.25, -0.2) is 5.43 Å². The fourth-order valence-corrected chi connectivity index (χ4v) is 4.09. The van der Waals surface area contributed by atoms with E-state index in [1.165, 1.54) is 6.42 Å². The van der Waals surface area contributed by atoms with Crippen molar-refractivity contribution >= 4 is 34.0 Å². The highest BCUT2D eigenvalue weighted by Gasteiger charge is 2.21. The molecule has 2 N–H and O–H groups in total. The Bertz CT molecular complexity index is 1110. The average Bonchev–Trinajstić information content (AvgIpc) is 2.83. The van der Waals surface area contributed by atoms with Crippen molar-refractivity contribution in [1.82, 2.24) is 5.43 Å². The van der Waals surface area contributed by atoms with Crippen LogP contribution in [0.3, 0.4) is 0 Å². The molecule has 0 atom stereocenters. The number of carbonyl (C=O) groups excluding carboxylic acids is 2. The van der Waals surface area contributed by atoms with Crippen LogP contribution in [0.1, 0.15) is 54.9 Å². The zero-order chi connectivity index (χ0) is 21.6. The molecule has 0 aromatic heterocycles. The fourth-order valence-electron chi connectivity index (χ4n) is 4.09. The van der Waals surface area contributed by atoms with Crippen molar-refractivity contribution < 1.29 is 9.59 Å². The summed E-state index contributed by atoms with van der Waals surface area (Å²) in [5, 5.41) is 9.20. The summed E-state index contributed by atoms with van der Waals surface area (Å²) in [7, 11) is 0. The van der Waals surface area contributed by atoms with Crippen molar-refractivity contribution in [3.8, 4) is 0 Å². The molecule has 0 heterocycles. The Balaban J connectivity index is 1.40. The molecule has 1 saturated carbocycles. The lowest BCUT2D eigenvalue weighted by Crippen LogP contribution is -2.24. The molecule has 2 amide bonds. The average molecular weight is 414 g/mol. The van der Waals surface area contributed by atoms with E-state index in [-0.39, 0.29) is 17.7 Å². The first kappa shape index (κ1) is 20.8. The van der Waals surface area contributed by atoms with Gasteiger partial charge < -0.3 is 5.32 Å². The Morgan fingerprint density at radius 3 is 2.35 bits per heavy atom. The van der Waals surface area contributed by atoms with Gasteiger partial charge in [0.2, 0.25) is 5.91 Å². The maximum Gasteiger partial charge on any atom is 0.272 e. The first-order chi connectivity index (χ1) is 15.1. The monoisotopic (exact) mass is 413 g/mol. The Labute approximate surface area is 182 Å². The molecule has 0 saturated heterocycles. The molecule has 0 spiro atoms. The van der Waals surface area contributed by atoms with Crippen LogP contribution >= 0.6 is 0 Å². The van der Waals surface area contributed by atoms with E-state index in [2.05, 4.69) is 15.8 Å². The molecule has 0 bridgehead atoms. The van der Waals surface area contributed by atoms with E-state index in [1.807, 2.05) is 67.6 Å². The first-order valence-corrected chi connectivity index (χ1v) is 10.9. The largest absolute Gasteiger partial charge is 0.326 e. The third-order valence-corrected chi connectivity index (χ3v) is 5.91. The number of anilines is 1. The zero-order valence-electron chi connectivity index (χ0n) is 17.7. The minimum atomic E-state index is -0.243. The van der Waals surface area contributed by atoms with Gasteiger partial charge in [0.25, 0.3) is 5.91 Å². The number of rotatable bonds is 5. The van der Waals surface area contributed by atoms with Crippen LogP contribution in [0.5, 0.6) is 0 Å². The van der Waals surface area contributed by atoms with Crippen molar-refractivity contribution in [3.05, 3.63) is 77.9 Å². The lowest BCUT2D eigenvalue weighted by molar-refractivity contribution is -0.120. The van der Waals surface area contributed by atoms with Gasteiger partial charge in [-0.15, -0.1) is 0 Å². The predicted molar refractivity (Wildman–Crippen MR) is 125 cm³/mol. The predicted octanol–water partition coefficient (Wildman–Crippen LogP) is 5.51. The molecular formula is C26H27N3O2. The number of hydrazone groups is 1. The van der Waals surface area contributed by atoms with E-state index in [0.717, 1.165) is 47.7 Å². The summed E-state index contributed by atoms with van der Waals surface area (Å²) >= 11 is 0. The van der Waals surface area contributed by atoms with Crippen LogP contribution in [0.25, 0.3) is 10.8 Å². The second-order valence-electron chi connectivity index (χ2n) is 8.07. The van der Waals surface area contributed by atoms with Crippen LogP contribution < -0.4 is 10.7 Å². The highest BCUT2D eigenvalue weighted by molar-refractivity contribution is 6.08. The molecule has 0 radical (unpaired) electrons. The van der Waals surface area contributed by atoms with E-state index in [1.54, 1.807) is 6.07 Å². The van der Waals surface area contributed by atoms with Crippen molar-refractivity contribution in [2.75, 3.05) is 5.32 Å². The summed E-state index contributed by atoms with van der Waals surface area (Å²) < 4.78 is 0. The van der Waals surface area contributed by atoms with Gasteiger partial charge in [0.05, 0.1) is 5.71 Å². The molecular weight excluding hydrogens is 386 g/mol. The highest BCUT2D eigenvalue weighted by atomic mass is 16.2. The molecule has 3 aromatic carbocycles. The summed E-state index contributed by atoms with van der Waals surface area (Å²) in [6, 6.07) is 21.0. The summed E-state index contributed by atoms with van der Waals surface area (Å²) in [6.07, 6.45) is 5.46. The molecule has 0 unspecified atom stereocenters. The van der Waals surface area contributed by atoms with Gasteiger partial charge in [0, 0.05) is 17.2 Å². The van der Waals surface area contributed by atoms with Crippen LogP contribution in [-0.4, -0.2) is 17.5 Å². The SMILES string of the molecule is CC(=NNC(=O)c1cccc2ccccc12)c1ccc(NC(=O)C2CCCCC2)cc1. The van der Waals surface area contributed by atoms with Gasteiger partial charge in [-0.1, -0.05) is 67.8 Å². The van der Waals surface area contributed by atoms with Crippen molar-refractivity contribution in [1.29, 1.82) is 0 Å². The maximum atomic E-state index is 12.7. The third-order valence-electron chi connectivity index (χ3n) is 5.91. The molecule has 3 aromatic rings. The number of amides is 2. The van der Waals surface area contributed by atoms with E-state index in [4.69, 9.17) is 0 Å². The Kier molecular flexibility index (Phi) is 6.41. The topological polar surface area (TPSA) is 70.6 Å². The second kappa shape index (κ2) is 9.56. The first-order valence-electron chi connectivity index (χ1n) is 10.9. The number of benzene rings is 3. The minimum Gasteiger partial charge on any atom is -0.326 e. The molecule has 5 heteroatoms. The Hall–Kier alpha value is -3.47. The lowest BCUT2D eigenvalue weighted by atomic mass is 9.88. The standard InChI is InChI=1S/C26H27N3O2/c1-18(28-29-26(31)24-13-7-11-20-8-5-6-12-23(20)24)19-14-16-22(17-15-19)27-25(30)21-9-3-2-4-10-21/h5-8,11-17,21H,2-4,9-10H2,1H3,(H,27,30)(H,29,31). The van der Waals surface area contributed by atoms with Gasteiger partial charge in [-0.05, 0) is 54.3 Å². The van der Waals surface area contributed by atoms with E-state index in [0.29, 0.717) is 11.3 Å². The van der Waals surface area contributed by atoms with Crippen molar-refractivity contribution in [2.24, 2.45) is 11.0 Å². The number of hydrogen-bond donors (Lipinski definition) is 2. The van der Waals surface area contributed by atoms with Gasteiger partial charge in [-0.3, -0.25) is 9.59 Å². The maximum absolute atomic E-state index is 12.7. The molecule has 4 rings (SSSR count). The molecule has 5 nitrogen and oxygen atoms in total. The second-order valence-corrected chi connectivity index (χ2v) is 8.07. The normalized spacial score (nSPS) is 14.9. The van der Waals surface area contributed by atoms with Crippen LogP contribution in [0.4, 0.5) is 5.69 Å². The Morgan fingerprint density at radius 2 is 1.58 bits per heavy atom. The fraction of sp³-hybridized carbons (Fsp3) is 0.269. The number of nitrogens with one attached hydrogen (secondary N) is 2. The smallest absolute Gasteiger partial charge is 0.272 e. The van der Waals surface area contributed by atoms with Crippen molar-refractivity contribution in [2.45, 2.75) is 39.0 Å².